The van der Waals surface area contributed by atoms with Crippen LogP contribution < -0.4 is 0 Å². The minimum absolute atomic E-state index is 0.127. The lowest BCUT2D eigenvalue weighted by molar-refractivity contribution is -0.153. The standard InChI is InChI=1S/C16H16O4/c1-9-14(17)15(18)13(16(19)20-9)12(11-7-8-11)10-5-3-2-4-6-10/h2-6,9,11-12,18H,7-8H2,1H3. The van der Waals surface area contributed by atoms with Gasteiger partial charge in [-0.25, -0.2) is 4.79 Å². The van der Waals surface area contributed by atoms with Crippen molar-refractivity contribution in [1.82, 2.24) is 0 Å². The predicted octanol–water partition coefficient (Wildman–Crippen LogP) is 2.51. The van der Waals surface area contributed by atoms with Gasteiger partial charge in [0.2, 0.25) is 5.78 Å². The van der Waals surface area contributed by atoms with Crippen molar-refractivity contribution < 1.29 is 19.4 Å². The van der Waals surface area contributed by atoms with E-state index >= 15 is 0 Å². The summed E-state index contributed by atoms with van der Waals surface area (Å²) >= 11 is 0. The summed E-state index contributed by atoms with van der Waals surface area (Å²) in [5, 5.41) is 10.1. The third kappa shape index (κ3) is 2.11. The zero-order valence-corrected chi connectivity index (χ0v) is 11.2. The minimum atomic E-state index is -0.901. The Morgan fingerprint density at radius 1 is 1.20 bits per heavy atom. The third-order valence-electron chi connectivity index (χ3n) is 3.92. The van der Waals surface area contributed by atoms with E-state index in [4.69, 9.17) is 4.74 Å². The van der Waals surface area contributed by atoms with Gasteiger partial charge in [0.1, 0.15) is 0 Å². The van der Waals surface area contributed by atoms with E-state index in [0.717, 1.165) is 18.4 Å². The average molecular weight is 272 g/mol. The Kier molecular flexibility index (Phi) is 3.08. The number of ether oxygens (including phenoxy) is 1. The van der Waals surface area contributed by atoms with Crippen LogP contribution in [0.15, 0.2) is 41.7 Å². The van der Waals surface area contributed by atoms with Gasteiger partial charge in [-0.2, -0.15) is 0 Å². The third-order valence-corrected chi connectivity index (χ3v) is 3.92. The van der Waals surface area contributed by atoms with E-state index in [1.54, 1.807) is 0 Å². The molecule has 3 rings (SSSR count). The van der Waals surface area contributed by atoms with E-state index in [1.165, 1.54) is 6.92 Å². The molecule has 1 aromatic carbocycles. The van der Waals surface area contributed by atoms with Gasteiger partial charge in [-0.1, -0.05) is 30.3 Å². The van der Waals surface area contributed by atoms with E-state index in [0.29, 0.717) is 5.92 Å². The van der Waals surface area contributed by atoms with Gasteiger partial charge in [0.25, 0.3) is 0 Å². The molecule has 1 heterocycles. The second-order valence-electron chi connectivity index (χ2n) is 5.40. The van der Waals surface area contributed by atoms with Gasteiger partial charge in [0.05, 0.1) is 5.57 Å². The number of rotatable bonds is 3. The predicted molar refractivity (Wildman–Crippen MR) is 72.1 cm³/mol. The number of aliphatic hydroxyl groups is 1. The molecule has 1 N–H and O–H groups in total. The molecule has 1 aromatic rings. The summed E-state index contributed by atoms with van der Waals surface area (Å²) in [5.41, 5.74) is 1.07. The van der Waals surface area contributed by atoms with Crippen molar-refractivity contribution in [2.45, 2.75) is 31.8 Å². The number of hydrogen-bond donors (Lipinski definition) is 1. The van der Waals surface area contributed by atoms with Crippen molar-refractivity contribution in [3.8, 4) is 0 Å². The fourth-order valence-corrected chi connectivity index (χ4v) is 2.74. The van der Waals surface area contributed by atoms with Gasteiger partial charge in [-0.15, -0.1) is 0 Å². The van der Waals surface area contributed by atoms with Crippen LogP contribution in [0.5, 0.6) is 0 Å². The van der Waals surface area contributed by atoms with Crippen molar-refractivity contribution in [1.29, 1.82) is 0 Å². The first-order chi connectivity index (χ1) is 9.59. The molecule has 0 saturated heterocycles. The molecule has 2 atom stereocenters. The molecule has 2 unspecified atom stereocenters. The smallest absolute Gasteiger partial charge is 0.339 e. The fourth-order valence-electron chi connectivity index (χ4n) is 2.74. The van der Waals surface area contributed by atoms with E-state index < -0.39 is 23.6 Å². The molecule has 1 saturated carbocycles. The molecule has 4 heteroatoms. The van der Waals surface area contributed by atoms with Crippen LogP contribution >= 0.6 is 0 Å². The summed E-state index contributed by atoms with van der Waals surface area (Å²) in [6.07, 6.45) is 1.09. The largest absolute Gasteiger partial charge is 0.504 e. The SMILES string of the molecule is CC1OC(=O)C(C(c2ccccc2)C2CC2)=C(O)C1=O. The highest BCUT2D eigenvalue weighted by Gasteiger charge is 2.44. The maximum atomic E-state index is 12.1. The molecule has 0 amide bonds. The van der Waals surface area contributed by atoms with Gasteiger partial charge in [-0.05, 0) is 31.2 Å². The monoisotopic (exact) mass is 272 g/mol. The lowest BCUT2D eigenvalue weighted by Crippen LogP contribution is -2.35. The van der Waals surface area contributed by atoms with Crippen LogP contribution in [0.25, 0.3) is 0 Å². The summed E-state index contributed by atoms with van der Waals surface area (Å²) in [6.45, 7) is 1.47. The lowest BCUT2D eigenvalue weighted by atomic mass is 9.84. The summed E-state index contributed by atoms with van der Waals surface area (Å²) < 4.78 is 5.06. The highest BCUT2D eigenvalue weighted by molar-refractivity contribution is 6.09. The second-order valence-corrected chi connectivity index (χ2v) is 5.40. The quantitative estimate of drug-likeness (QED) is 0.859. The van der Waals surface area contributed by atoms with Crippen LogP contribution in [-0.4, -0.2) is 23.0 Å². The first-order valence-electron chi connectivity index (χ1n) is 6.83. The molecule has 1 fully saturated rings. The van der Waals surface area contributed by atoms with Crippen molar-refractivity contribution in [2.75, 3.05) is 0 Å². The number of esters is 1. The van der Waals surface area contributed by atoms with E-state index in [-0.39, 0.29) is 11.5 Å². The second kappa shape index (κ2) is 4.78. The molecule has 0 radical (unpaired) electrons. The highest BCUT2D eigenvalue weighted by Crippen LogP contribution is 2.48. The van der Waals surface area contributed by atoms with Gasteiger partial charge in [0.15, 0.2) is 11.9 Å². The molecule has 2 aliphatic rings. The number of carbonyl (C=O) groups excluding carboxylic acids is 2. The number of cyclic esters (lactones) is 1. The topological polar surface area (TPSA) is 63.6 Å². The van der Waals surface area contributed by atoms with Crippen LogP contribution in [0.2, 0.25) is 0 Å². The Bertz CT molecular complexity index is 584. The summed E-state index contributed by atoms with van der Waals surface area (Å²) in [4.78, 5) is 24.0. The number of aliphatic hydroxyl groups excluding tert-OH is 1. The molecular formula is C16H16O4. The van der Waals surface area contributed by atoms with Crippen molar-refractivity contribution in [3.63, 3.8) is 0 Å². The molecule has 20 heavy (non-hydrogen) atoms. The Labute approximate surface area is 117 Å². The Morgan fingerprint density at radius 3 is 2.45 bits per heavy atom. The number of benzene rings is 1. The summed E-state index contributed by atoms with van der Waals surface area (Å²) in [7, 11) is 0. The van der Waals surface area contributed by atoms with Crippen LogP contribution in [0.1, 0.15) is 31.2 Å². The molecule has 104 valence electrons. The molecule has 0 spiro atoms. The molecule has 0 bridgehead atoms. The number of ketones is 1. The van der Waals surface area contributed by atoms with Gasteiger partial charge < -0.3 is 9.84 Å². The van der Waals surface area contributed by atoms with Crippen LogP contribution in [0.3, 0.4) is 0 Å². The maximum absolute atomic E-state index is 12.1. The van der Waals surface area contributed by atoms with E-state index in [9.17, 15) is 14.7 Å². The Balaban J connectivity index is 2.08. The summed E-state index contributed by atoms with van der Waals surface area (Å²) in [6, 6.07) is 9.51. The summed E-state index contributed by atoms with van der Waals surface area (Å²) in [5.74, 6) is -1.46. The zero-order valence-electron chi connectivity index (χ0n) is 11.2. The molecule has 1 aliphatic heterocycles. The number of carbonyl (C=O) groups is 2. The van der Waals surface area contributed by atoms with Crippen molar-refractivity contribution in [3.05, 3.63) is 47.2 Å². The minimum Gasteiger partial charge on any atom is -0.504 e. The first-order valence-corrected chi connectivity index (χ1v) is 6.83. The zero-order chi connectivity index (χ0) is 14.3. The average Bonchev–Trinajstić information content (AvgIpc) is 3.26. The fraction of sp³-hybridized carbons (Fsp3) is 0.375. The van der Waals surface area contributed by atoms with Crippen molar-refractivity contribution >= 4 is 11.8 Å². The Morgan fingerprint density at radius 2 is 1.85 bits per heavy atom. The number of hydrogen-bond acceptors (Lipinski definition) is 4. The Hall–Kier alpha value is -2.10. The molecular weight excluding hydrogens is 256 g/mol. The first kappa shape index (κ1) is 12.9. The van der Waals surface area contributed by atoms with Gasteiger partial charge >= 0.3 is 5.97 Å². The normalized spacial score (nSPS) is 24.6. The van der Waals surface area contributed by atoms with Gasteiger partial charge in [-0.3, -0.25) is 4.79 Å². The van der Waals surface area contributed by atoms with E-state index in [1.807, 2.05) is 30.3 Å². The highest BCUT2D eigenvalue weighted by atomic mass is 16.5. The van der Waals surface area contributed by atoms with Gasteiger partial charge in [0, 0.05) is 5.92 Å². The maximum Gasteiger partial charge on any atom is 0.339 e. The van der Waals surface area contributed by atoms with Crippen molar-refractivity contribution in [2.24, 2.45) is 5.92 Å². The molecule has 1 aliphatic carbocycles. The molecule has 0 aromatic heterocycles. The lowest BCUT2D eigenvalue weighted by Gasteiger charge is -2.26. The number of Topliss-reactive ketones (excluding diaryl/α,β-unsaturated/α-hetero) is 1. The van der Waals surface area contributed by atoms with Crippen LogP contribution in [0, 0.1) is 5.92 Å². The van der Waals surface area contributed by atoms with E-state index in [2.05, 4.69) is 0 Å². The molecule has 4 nitrogen and oxygen atoms in total. The van der Waals surface area contributed by atoms with Crippen LogP contribution in [-0.2, 0) is 14.3 Å². The van der Waals surface area contributed by atoms with Crippen LogP contribution in [0.4, 0.5) is 0 Å².